The molecular formula is C13H24N4O. The number of nitrogens with one attached hydrogen (secondary N) is 1. The molecular weight excluding hydrogens is 228 g/mol. The predicted molar refractivity (Wildman–Crippen MR) is 70.4 cm³/mol. The second-order valence-electron chi connectivity index (χ2n) is 6.09. The van der Waals surface area contributed by atoms with E-state index in [1.54, 1.807) is 0 Å². The molecule has 1 saturated heterocycles. The maximum absolute atomic E-state index is 5.36. The van der Waals surface area contributed by atoms with Crippen molar-refractivity contribution < 1.29 is 4.52 Å². The van der Waals surface area contributed by atoms with Crippen molar-refractivity contribution in [3.05, 3.63) is 11.7 Å². The number of nitrogens with zero attached hydrogens (tertiary/aromatic N) is 3. The van der Waals surface area contributed by atoms with Crippen LogP contribution in [0.3, 0.4) is 0 Å². The van der Waals surface area contributed by atoms with E-state index in [9.17, 15) is 0 Å². The molecule has 1 aromatic heterocycles. The maximum atomic E-state index is 5.36. The lowest BCUT2D eigenvalue weighted by Crippen LogP contribution is -2.36. The van der Waals surface area contributed by atoms with Gasteiger partial charge in [0.25, 0.3) is 0 Å². The Bertz CT molecular complexity index is 383. The summed E-state index contributed by atoms with van der Waals surface area (Å²) >= 11 is 0. The molecule has 102 valence electrons. The second kappa shape index (κ2) is 5.36. The number of hydrogen-bond acceptors (Lipinski definition) is 5. The molecule has 1 aromatic rings. The summed E-state index contributed by atoms with van der Waals surface area (Å²) < 4.78 is 5.36. The topological polar surface area (TPSA) is 54.2 Å². The third-order valence-corrected chi connectivity index (χ3v) is 3.42. The second-order valence-corrected chi connectivity index (χ2v) is 6.09. The van der Waals surface area contributed by atoms with Crippen molar-refractivity contribution >= 4 is 0 Å². The Hall–Kier alpha value is -0.940. The summed E-state index contributed by atoms with van der Waals surface area (Å²) in [5.41, 5.74) is -0.0445. The van der Waals surface area contributed by atoms with Gasteiger partial charge in [0, 0.05) is 18.0 Å². The molecule has 1 fully saturated rings. The number of hydrogen-bond donors (Lipinski definition) is 1. The first-order chi connectivity index (χ1) is 8.50. The van der Waals surface area contributed by atoms with Crippen LogP contribution in [0, 0.1) is 0 Å². The summed E-state index contributed by atoms with van der Waals surface area (Å²) in [6.07, 6.45) is 2.51. The highest BCUT2D eigenvalue weighted by atomic mass is 16.5. The molecule has 0 aliphatic carbocycles. The van der Waals surface area contributed by atoms with E-state index < -0.39 is 0 Å². The van der Waals surface area contributed by atoms with Gasteiger partial charge in [-0.05, 0) is 26.4 Å². The minimum absolute atomic E-state index is 0.0445. The van der Waals surface area contributed by atoms with Gasteiger partial charge in [-0.25, -0.2) is 0 Å². The normalized spacial score (nSPS) is 21.7. The van der Waals surface area contributed by atoms with Crippen LogP contribution in [0.1, 0.15) is 45.3 Å². The number of likely N-dealkylation sites (N-methyl/N-ethyl adjacent to an activating group) is 1. The summed E-state index contributed by atoms with van der Waals surface area (Å²) in [6.45, 7) is 9.22. The smallest absolute Gasteiger partial charge is 0.240 e. The van der Waals surface area contributed by atoms with E-state index in [4.69, 9.17) is 4.52 Å². The molecule has 0 bridgehead atoms. The molecule has 5 heteroatoms. The standard InChI is InChI=1S/C13H24N4O/c1-13(2,3)12-15-11(18-16-12)9-17-7-5-6-10(17)8-14-4/h10,14H,5-9H2,1-4H3. The fourth-order valence-corrected chi connectivity index (χ4v) is 2.37. The van der Waals surface area contributed by atoms with Crippen LogP contribution in [-0.2, 0) is 12.0 Å². The Balaban J connectivity index is 1.99. The molecule has 2 rings (SSSR count). The minimum atomic E-state index is -0.0445. The van der Waals surface area contributed by atoms with Crippen molar-refractivity contribution in [3.63, 3.8) is 0 Å². The summed E-state index contributed by atoms with van der Waals surface area (Å²) in [5, 5.41) is 7.32. The Labute approximate surface area is 109 Å². The highest BCUT2D eigenvalue weighted by molar-refractivity contribution is 5.00. The van der Waals surface area contributed by atoms with Crippen LogP contribution in [0.5, 0.6) is 0 Å². The summed E-state index contributed by atoms with van der Waals surface area (Å²) in [4.78, 5) is 6.93. The van der Waals surface area contributed by atoms with Crippen LogP contribution in [0.15, 0.2) is 4.52 Å². The Morgan fingerprint density at radius 3 is 2.83 bits per heavy atom. The van der Waals surface area contributed by atoms with Gasteiger partial charge in [0.2, 0.25) is 5.89 Å². The van der Waals surface area contributed by atoms with Gasteiger partial charge in [-0.3, -0.25) is 4.90 Å². The molecule has 0 radical (unpaired) electrons. The predicted octanol–water partition coefficient (Wildman–Crippen LogP) is 1.55. The largest absolute Gasteiger partial charge is 0.338 e. The number of aromatic nitrogens is 2. The molecule has 18 heavy (non-hydrogen) atoms. The van der Waals surface area contributed by atoms with Crippen molar-refractivity contribution in [2.45, 2.75) is 51.6 Å². The van der Waals surface area contributed by atoms with Crippen LogP contribution in [0.2, 0.25) is 0 Å². The number of rotatable bonds is 4. The Morgan fingerprint density at radius 2 is 2.22 bits per heavy atom. The first-order valence-corrected chi connectivity index (χ1v) is 6.72. The summed E-state index contributed by atoms with van der Waals surface area (Å²) in [7, 11) is 2.00. The fraction of sp³-hybridized carbons (Fsp3) is 0.846. The molecule has 1 aliphatic rings. The molecule has 0 saturated carbocycles. The van der Waals surface area contributed by atoms with Crippen molar-refractivity contribution in [1.82, 2.24) is 20.4 Å². The Kier molecular flexibility index (Phi) is 4.02. The van der Waals surface area contributed by atoms with E-state index in [0.717, 1.165) is 31.3 Å². The van der Waals surface area contributed by atoms with E-state index in [0.29, 0.717) is 6.04 Å². The molecule has 2 heterocycles. The molecule has 1 N–H and O–H groups in total. The van der Waals surface area contributed by atoms with Crippen LogP contribution < -0.4 is 5.32 Å². The van der Waals surface area contributed by atoms with Gasteiger partial charge in [0.05, 0.1) is 6.54 Å². The van der Waals surface area contributed by atoms with E-state index in [-0.39, 0.29) is 5.41 Å². The van der Waals surface area contributed by atoms with Crippen molar-refractivity contribution in [3.8, 4) is 0 Å². The molecule has 1 unspecified atom stereocenters. The van der Waals surface area contributed by atoms with Gasteiger partial charge in [0.1, 0.15) is 0 Å². The molecule has 0 amide bonds. The van der Waals surface area contributed by atoms with Gasteiger partial charge in [0.15, 0.2) is 5.82 Å². The van der Waals surface area contributed by atoms with E-state index in [1.807, 2.05) is 7.05 Å². The molecule has 0 aromatic carbocycles. The summed E-state index contributed by atoms with van der Waals surface area (Å²) in [6, 6.07) is 0.597. The highest BCUT2D eigenvalue weighted by Crippen LogP contribution is 2.22. The number of likely N-dealkylation sites (tertiary alicyclic amines) is 1. The third kappa shape index (κ3) is 3.09. The zero-order valence-electron chi connectivity index (χ0n) is 11.9. The molecule has 1 aliphatic heterocycles. The van der Waals surface area contributed by atoms with Gasteiger partial charge < -0.3 is 9.84 Å². The van der Waals surface area contributed by atoms with Crippen molar-refractivity contribution in [1.29, 1.82) is 0 Å². The van der Waals surface area contributed by atoms with Gasteiger partial charge in [-0.1, -0.05) is 25.9 Å². The fourth-order valence-electron chi connectivity index (χ4n) is 2.37. The van der Waals surface area contributed by atoms with Crippen LogP contribution in [0.4, 0.5) is 0 Å². The molecule has 0 spiro atoms. The van der Waals surface area contributed by atoms with Gasteiger partial charge >= 0.3 is 0 Å². The molecule has 1 atom stereocenters. The van der Waals surface area contributed by atoms with E-state index in [1.165, 1.54) is 12.8 Å². The van der Waals surface area contributed by atoms with Gasteiger partial charge in [-0.15, -0.1) is 0 Å². The average molecular weight is 252 g/mol. The monoisotopic (exact) mass is 252 g/mol. The molecule has 5 nitrogen and oxygen atoms in total. The minimum Gasteiger partial charge on any atom is -0.338 e. The third-order valence-electron chi connectivity index (χ3n) is 3.42. The zero-order chi connectivity index (χ0) is 13.2. The Morgan fingerprint density at radius 1 is 1.44 bits per heavy atom. The van der Waals surface area contributed by atoms with E-state index in [2.05, 4.69) is 41.1 Å². The van der Waals surface area contributed by atoms with Crippen LogP contribution in [0.25, 0.3) is 0 Å². The lowest BCUT2D eigenvalue weighted by atomic mass is 9.96. The lowest BCUT2D eigenvalue weighted by Gasteiger charge is -2.22. The first kappa shape index (κ1) is 13.5. The maximum Gasteiger partial charge on any atom is 0.240 e. The van der Waals surface area contributed by atoms with Crippen LogP contribution >= 0.6 is 0 Å². The van der Waals surface area contributed by atoms with E-state index >= 15 is 0 Å². The van der Waals surface area contributed by atoms with Crippen LogP contribution in [-0.4, -0.2) is 41.2 Å². The summed E-state index contributed by atoms with van der Waals surface area (Å²) in [5.74, 6) is 1.53. The average Bonchev–Trinajstić information content (AvgIpc) is 2.89. The lowest BCUT2D eigenvalue weighted by molar-refractivity contribution is 0.208. The van der Waals surface area contributed by atoms with Gasteiger partial charge in [-0.2, -0.15) is 4.98 Å². The SMILES string of the molecule is CNCC1CCCN1Cc1nc(C(C)(C)C)no1. The first-order valence-electron chi connectivity index (χ1n) is 6.72. The van der Waals surface area contributed by atoms with Crippen molar-refractivity contribution in [2.24, 2.45) is 0 Å². The zero-order valence-corrected chi connectivity index (χ0v) is 11.9. The van der Waals surface area contributed by atoms with Crippen molar-refractivity contribution in [2.75, 3.05) is 20.1 Å². The highest BCUT2D eigenvalue weighted by Gasteiger charge is 2.27. The quantitative estimate of drug-likeness (QED) is 0.881.